The fraction of sp³-hybridized carbons (Fsp3) is 0.400. The smallest absolute Gasteiger partial charge is 0.116 e. The van der Waals surface area contributed by atoms with E-state index < -0.39 is 0 Å². The van der Waals surface area contributed by atoms with Crippen LogP contribution in [0.4, 0.5) is 0 Å². The molecule has 0 spiro atoms. The predicted molar refractivity (Wildman–Crippen MR) is 56.1 cm³/mol. The van der Waals surface area contributed by atoms with Gasteiger partial charge in [0.25, 0.3) is 0 Å². The molecule has 0 saturated carbocycles. The van der Waals surface area contributed by atoms with Crippen molar-refractivity contribution < 1.29 is 0 Å². The average Bonchev–Trinajstić information content (AvgIpc) is 2.60. The number of hydrogen-bond acceptors (Lipinski definition) is 3. The van der Waals surface area contributed by atoms with E-state index in [9.17, 15) is 0 Å². The Morgan fingerprint density at radius 3 is 2.93 bits per heavy atom. The molecule has 4 heteroatoms. The molecule has 0 amide bonds. The Balaban J connectivity index is 2.73. The summed E-state index contributed by atoms with van der Waals surface area (Å²) >= 11 is 0. The average molecular weight is 190 g/mol. The lowest BCUT2D eigenvalue weighted by atomic mass is 9.99. The van der Waals surface area contributed by atoms with Gasteiger partial charge in [0.05, 0.1) is 5.52 Å². The topological polar surface area (TPSA) is 67.6 Å². The Kier molecular flexibility index (Phi) is 2.21. The van der Waals surface area contributed by atoms with E-state index in [0.29, 0.717) is 6.54 Å². The molecule has 0 aliphatic carbocycles. The number of H-pyrrole nitrogens is 1. The van der Waals surface area contributed by atoms with E-state index in [1.165, 1.54) is 16.7 Å². The molecule has 1 aromatic carbocycles. The van der Waals surface area contributed by atoms with Crippen molar-refractivity contribution in [2.75, 3.05) is 6.54 Å². The second-order valence-corrected chi connectivity index (χ2v) is 3.54. The molecule has 74 valence electrons. The molecule has 0 atom stereocenters. The zero-order valence-corrected chi connectivity index (χ0v) is 8.46. The number of aromatic nitrogens is 3. The molecule has 4 nitrogen and oxygen atoms in total. The minimum Gasteiger partial charge on any atom is -0.330 e. The van der Waals surface area contributed by atoms with Gasteiger partial charge in [0.1, 0.15) is 5.52 Å². The van der Waals surface area contributed by atoms with E-state index in [0.717, 1.165) is 17.5 Å². The number of nitrogens with one attached hydrogen (secondary N) is 1. The van der Waals surface area contributed by atoms with Crippen LogP contribution < -0.4 is 5.73 Å². The van der Waals surface area contributed by atoms with Gasteiger partial charge in [0, 0.05) is 0 Å². The van der Waals surface area contributed by atoms with Gasteiger partial charge in [0.15, 0.2) is 0 Å². The van der Waals surface area contributed by atoms with Gasteiger partial charge in [-0.05, 0) is 49.6 Å². The fourth-order valence-electron chi connectivity index (χ4n) is 1.75. The molecule has 2 rings (SSSR count). The number of aromatic amines is 1. The summed E-state index contributed by atoms with van der Waals surface area (Å²) in [5.74, 6) is 0. The normalized spacial score (nSPS) is 11.1. The van der Waals surface area contributed by atoms with Crippen molar-refractivity contribution in [3.63, 3.8) is 0 Å². The monoisotopic (exact) mass is 190 g/mol. The quantitative estimate of drug-likeness (QED) is 0.744. The van der Waals surface area contributed by atoms with E-state index in [4.69, 9.17) is 5.73 Å². The van der Waals surface area contributed by atoms with Crippen LogP contribution in [0, 0.1) is 13.8 Å². The van der Waals surface area contributed by atoms with Gasteiger partial charge in [-0.3, -0.25) is 5.10 Å². The van der Waals surface area contributed by atoms with Crippen molar-refractivity contribution >= 4 is 11.0 Å². The minimum atomic E-state index is 0.645. The summed E-state index contributed by atoms with van der Waals surface area (Å²) in [4.78, 5) is 0. The molecule has 1 aromatic heterocycles. The SMILES string of the molecule is Cc1cc2[nH]nnc2c(CCN)c1C. The Labute approximate surface area is 82.5 Å². The maximum Gasteiger partial charge on any atom is 0.116 e. The number of fused-ring (bicyclic) bond motifs is 1. The zero-order valence-electron chi connectivity index (χ0n) is 8.46. The minimum absolute atomic E-state index is 0.645. The number of aryl methyl sites for hydroxylation is 1. The van der Waals surface area contributed by atoms with Crippen molar-refractivity contribution in [3.8, 4) is 0 Å². The lowest BCUT2D eigenvalue weighted by molar-refractivity contribution is 0.939. The standard InChI is InChI=1S/C10H14N4/c1-6-5-9-10(13-14-12-9)8(3-4-11)7(6)2/h5H,3-4,11H2,1-2H3,(H,12,13,14). The molecule has 0 unspecified atom stereocenters. The first-order valence-electron chi connectivity index (χ1n) is 4.74. The van der Waals surface area contributed by atoms with Crippen LogP contribution in [-0.4, -0.2) is 22.0 Å². The highest BCUT2D eigenvalue weighted by molar-refractivity contribution is 5.80. The van der Waals surface area contributed by atoms with Crippen molar-refractivity contribution in [1.82, 2.24) is 15.4 Å². The van der Waals surface area contributed by atoms with Crippen LogP contribution in [0.5, 0.6) is 0 Å². The van der Waals surface area contributed by atoms with Crippen LogP contribution in [0.25, 0.3) is 11.0 Å². The van der Waals surface area contributed by atoms with E-state index in [-0.39, 0.29) is 0 Å². The summed E-state index contributed by atoms with van der Waals surface area (Å²) in [5, 5.41) is 10.8. The molecule has 0 radical (unpaired) electrons. The first kappa shape index (κ1) is 9.15. The third kappa shape index (κ3) is 1.28. The second kappa shape index (κ2) is 3.38. The maximum atomic E-state index is 5.58. The summed E-state index contributed by atoms with van der Waals surface area (Å²) in [6.07, 6.45) is 0.858. The molecule has 0 fully saturated rings. The Morgan fingerprint density at radius 1 is 1.43 bits per heavy atom. The number of nitrogens with zero attached hydrogens (tertiary/aromatic N) is 2. The molecular formula is C10H14N4. The lowest BCUT2D eigenvalue weighted by Crippen LogP contribution is -2.05. The van der Waals surface area contributed by atoms with Gasteiger partial charge in [0.2, 0.25) is 0 Å². The van der Waals surface area contributed by atoms with Gasteiger partial charge in [-0.1, -0.05) is 5.21 Å². The molecule has 0 aliphatic heterocycles. The zero-order chi connectivity index (χ0) is 10.1. The largest absolute Gasteiger partial charge is 0.330 e. The number of rotatable bonds is 2. The van der Waals surface area contributed by atoms with Crippen molar-refractivity contribution in [3.05, 3.63) is 22.8 Å². The van der Waals surface area contributed by atoms with Crippen molar-refractivity contribution in [1.29, 1.82) is 0 Å². The first-order valence-corrected chi connectivity index (χ1v) is 4.74. The van der Waals surface area contributed by atoms with E-state index in [1.54, 1.807) is 0 Å². The summed E-state index contributed by atoms with van der Waals surface area (Å²) in [7, 11) is 0. The molecule has 14 heavy (non-hydrogen) atoms. The van der Waals surface area contributed by atoms with Gasteiger partial charge in [-0.2, -0.15) is 0 Å². The Morgan fingerprint density at radius 2 is 2.21 bits per heavy atom. The van der Waals surface area contributed by atoms with Crippen LogP contribution in [0.3, 0.4) is 0 Å². The van der Waals surface area contributed by atoms with Crippen LogP contribution in [0.1, 0.15) is 16.7 Å². The van der Waals surface area contributed by atoms with E-state index in [2.05, 4.69) is 35.3 Å². The van der Waals surface area contributed by atoms with Crippen molar-refractivity contribution in [2.45, 2.75) is 20.3 Å². The second-order valence-electron chi connectivity index (χ2n) is 3.54. The van der Waals surface area contributed by atoms with Gasteiger partial charge < -0.3 is 5.73 Å². The van der Waals surface area contributed by atoms with Gasteiger partial charge >= 0.3 is 0 Å². The van der Waals surface area contributed by atoms with Crippen LogP contribution in [0.2, 0.25) is 0 Å². The highest BCUT2D eigenvalue weighted by Gasteiger charge is 2.09. The Hall–Kier alpha value is -1.42. The van der Waals surface area contributed by atoms with Gasteiger partial charge in [-0.15, -0.1) is 5.10 Å². The maximum absolute atomic E-state index is 5.58. The molecule has 1 heterocycles. The molecule has 0 bridgehead atoms. The van der Waals surface area contributed by atoms with E-state index in [1.807, 2.05) is 0 Å². The summed E-state index contributed by atoms with van der Waals surface area (Å²) in [5.41, 5.74) is 11.3. The molecular weight excluding hydrogens is 176 g/mol. The third-order valence-corrected chi connectivity index (χ3v) is 2.66. The van der Waals surface area contributed by atoms with Crippen LogP contribution in [0.15, 0.2) is 6.07 Å². The number of benzene rings is 1. The summed E-state index contributed by atoms with van der Waals surface area (Å²) in [6, 6.07) is 2.07. The highest BCUT2D eigenvalue weighted by Crippen LogP contribution is 2.22. The molecule has 0 aliphatic rings. The highest BCUT2D eigenvalue weighted by atomic mass is 15.3. The molecule has 0 saturated heterocycles. The number of hydrogen-bond donors (Lipinski definition) is 2. The third-order valence-electron chi connectivity index (χ3n) is 2.66. The fourth-order valence-corrected chi connectivity index (χ4v) is 1.75. The number of nitrogens with two attached hydrogens (primary N) is 1. The lowest BCUT2D eigenvalue weighted by Gasteiger charge is -2.07. The van der Waals surface area contributed by atoms with Crippen LogP contribution >= 0.6 is 0 Å². The Bertz CT molecular complexity index is 458. The summed E-state index contributed by atoms with van der Waals surface area (Å²) in [6.45, 7) is 4.84. The molecule has 3 N–H and O–H groups in total. The predicted octanol–water partition coefficient (Wildman–Crippen LogP) is 1.08. The first-order chi connectivity index (χ1) is 6.74. The molecule has 2 aromatic rings. The summed E-state index contributed by atoms with van der Waals surface area (Å²) < 4.78 is 0. The van der Waals surface area contributed by atoms with E-state index >= 15 is 0 Å². The van der Waals surface area contributed by atoms with Crippen molar-refractivity contribution in [2.24, 2.45) is 5.73 Å². The van der Waals surface area contributed by atoms with Gasteiger partial charge in [-0.25, -0.2) is 0 Å². The van der Waals surface area contributed by atoms with Crippen LogP contribution in [-0.2, 0) is 6.42 Å².